The van der Waals surface area contributed by atoms with Crippen LogP contribution >= 0.6 is 0 Å². The highest BCUT2D eigenvalue weighted by atomic mass is 14.7. The first-order valence-electron chi connectivity index (χ1n) is 4.55. The van der Waals surface area contributed by atoms with Gasteiger partial charge in [-0.2, -0.15) is 0 Å². The highest BCUT2D eigenvalue weighted by Gasteiger charge is 1.89. The summed E-state index contributed by atoms with van der Waals surface area (Å²) >= 11 is 0. The first kappa shape index (κ1) is 11.6. The van der Waals surface area contributed by atoms with Gasteiger partial charge >= 0.3 is 0 Å². The van der Waals surface area contributed by atoms with Crippen LogP contribution in [0.5, 0.6) is 0 Å². The van der Waals surface area contributed by atoms with E-state index in [0.29, 0.717) is 0 Å². The lowest BCUT2D eigenvalue weighted by molar-refractivity contribution is 1.41. The van der Waals surface area contributed by atoms with Gasteiger partial charge in [-0.15, -0.1) is 0 Å². The van der Waals surface area contributed by atoms with Gasteiger partial charge in [0.15, 0.2) is 0 Å². The summed E-state index contributed by atoms with van der Waals surface area (Å²) in [6.07, 6.45) is 3.37. The molecule has 0 bridgehead atoms. The maximum atomic E-state index is 4.18. The van der Waals surface area contributed by atoms with Crippen LogP contribution in [-0.4, -0.2) is 6.21 Å². The minimum atomic E-state index is 1.01. The quantitative estimate of drug-likeness (QED) is 0.604. The van der Waals surface area contributed by atoms with Gasteiger partial charge in [0.25, 0.3) is 0 Å². The lowest BCUT2D eigenvalue weighted by Gasteiger charge is -1.95. The smallest absolute Gasteiger partial charge is 0.0658 e. The number of rotatable bonds is 2. The molecule has 1 rings (SSSR count). The fourth-order valence-corrected chi connectivity index (χ4v) is 0.841. The van der Waals surface area contributed by atoms with Crippen LogP contribution < -0.4 is 0 Å². The summed E-state index contributed by atoms with van der Waals surface area (Å²) in [6.45, 7) is 9.59. The Morgan fingerprint density at radius 1 is 1.23 bits per heavy atom. The van der Waals surface area contributed by atoms with Crippen molar-refractivity contribution in [2.75, 3.05) is 0 Å². The van der Waals surface area contributed by atoms with Crippen molar-refractivity contribution in [1.82, 2.24) is 0 Å². The van der Waals surface area contributed by atoms with E-state index in [9.17, 15) is 0 Å². The van der Waals surface area contributed by atoms with Gasteiger partial charge in [-0.3, -0.25) is 4.99 Å². The Balaban J connectivity index is 0.000000671. The molecule has 0 fully saturated rings. The Hall–Kier alpha value is -1.37. The summed E-state index contributed by atoms with van der Waals surface area (Å²) in [7, 11) is 0. The zero-order valence-corrected chi connectivity index (χ0v) is 8.62. The average molecular weight is 175 g/mol. The maximum Gasteiger partial charge on any atom is 0.0658 e. The normalized spacial score (nSPS) is 9.15. The van der Waals surface area contributed by atoms with E-state index in [-0.39, 0.29) is 0 Å². The zero-order valence-electron chi connectivity index (χ0n) is 8.62. The summed E-state index contributed by atoms with van der Waals surface area (Å²) in [6, 6.07) is 8.00. The van der Waals surface area contributed by atoms with Gasteiger partial charge in [0.2, 0.25) is 0 Å². The van der Waals surface area contributed by atoms with Gasteiger partial charge in [-0.1, -0.05) is 44.7 Å². The van der Waals surface area contributed by atoms with E-state index < -0.39 is 0 Å². The number of benzene rings is 1. The molecule has 13 heavy (non-hydrogen) atoms. The van der Waals surface area contributed by atoms with E-state index in [1.54, 1.807) is 12.3 Å². The molecule has 0 heterocycles. The fraction of sp³-hybridized carbons (Fsp3) is 0.250. The number of allylic oxidation sites excluding steroid dienone is 1. The van der Waals surface area contributed by atoms with Crippen molar-refractivity contribution >= 4 is 11.9 Å². The van der Waals surface area contributed by atoms with Crippen molar-refractivity contribution in [3.8, 4) is 0 Å². The summed E-state index contributed by atoms with van der Waals surface area (Å²) in [5.41, 5.74) is 2.19. The van der Waals surface area contributed by atoms with Gasteiger partial charge in [0, 0.05) is 6.21 Å². The third-order valence-electron chi connectivity index (χ3n) is 1.43. The van der Waals surface area contributed by atoms with E-state index in [2.05, 4.69) is 11.6 Å². The molecule has 0 radical (unpaired) electrons. The molecule has 1 heteroatoms. The fourth-order valence-electron chi connectivity index (χ4n) is 0.841. The third-order valence-corrected chi connectivity index (χ3v) is 1.43. The molecule has 0 aliphatic rings. The molecule has 0 aliphatic heterocycles. The Morgan fingerprint density at radius 2 is 1.85 bits per heavy atom. The Labute approximate surface area is 80.8 Å². The van der Waals surface area contributed by atoms with Crippen molar-refractivity contribution in [1.29, 1.82) is 0 Å². The number of aryl methyl sites for hydroxylation is 1. The molecular weight excluding hydrogens is 158 g/mol. The topological polar surface area (TPSA) is 12.4 Å². The monoisotopic (exact) mass is 175 g/mol. The summed E-state index contributed by atoms with van der Waals surface area (Å²) in [5, 5.41) is 0. The van der Waals surface area contributed by atoms with Gasteiger partial charge < -0.3 is 0 Å². The Kier molecular flexibility index (Phi) is 6.52. The molecule has 0 amide bonds. The zero-order chi connectivity index (χ0) is 10.1. The van der Waals surface area contributed by atoms with Crippen LogP contribution in [0, 0.1) is 6.92 Å². The van der Waals surface area contributed by atoms with Gasteiger partial charge in [0.1, 0.15) is 0 Å². The average Bonchev–Trinajstić information content (AvgIpc) is 2.20. The van der Waals surface area contributed by atoms with E-state index >= 15 is 0 Å². The van der Waals surface area contributed by atoms with E-state index in [1.165, 1.54) is 5.56 Å². The molecule has 1 aromatic carbocycles. The van der Waals surface area contributed by atoms with Crippen molar-refractivity contribution < 1.29 is 0 Å². The van der Waals surface area contributed by atoms with Crippen LogP contribution in [0.4, 0.5) is 5.69 Å². The first-order valence-corrected chi connectivity index (χ1v) is 4.55. The second kappa shape index (κ2) is 7.29. The molecule has 1 nitrogen and oxygen atoms in total. The second-order valence-corrected chi connectivity index (χ2v) is 2.30. The van der Waals surface area contributed by atoms with Crippen LogP contribution in [0.3, 0.4) is 0 Å². The number of hydrogen-bond donors (Lipinski definition) is 0. The van der Waals surface area contributed by atoms with E-state index in [0.717, 1.165) is 5.69 Å². The molecule has 0 spiro atoms. The standard InChI is InChI=1S/C10H11N.C2H6/c1-3-8-11-10-7-5-4-6-9(10)2;1-2/h3-8H,1H2,2H3;1-2H3. The van der Waals surface area contributed by atoms with Crippen molar-refractivity contribution in [2.24, 2.45) is 4.99 Å². The van der Waals surface area contributed by atoms with Crippen LogP contribution in [0.1, 0.15) is 19.4 Å². The molecule has 1 aromatic rings. The number of para-hydroxylation sites is 1. The third kappa shape index (κ3) is 4.26. The second-order valence-electron chi connectivity index (χ2n) is 2.30. The SMILES string of the molecule is C=CC=Nc1ccccc1C.CC. The number of hydrogen-bond acceptors (Lipinski definition) is 1. The summed E-state index contributed by atoms with van der Waals surface area (Å²) < 4.78 is 0. The van der Waals surface area contributed by atoms with Crippen molar-refractivity contribution in [3.05, 3.63) is 42.5 Å². The van der Waals surface area contributed by atoms with E-state index in [4.69, 9.17) is 0 Å². The first-order chi connectivity index (χ1) is 6.34. The predicted molar refractivity (Wildman–Crippen MR) is 60.9 cm³/mol. The summed E-state index contributed by atoms with van der Waals surface area (Å²) in [5.74, 6) is 0. The van der Waals surface area contributed by atoms with Crippen LogP contribution in [0.25, 0.3) is 0 Å². The molecule has 0 saturated carbocycles. The van der Waals surface area contributed by atoms with Crippen molar-refractivity contribution in [3.63, 3.8) is 0 Å². The molecule has 0 saturated heterocycles. The number of nitrogens with zero attached hydrogens (tertiary/aromatic N) is 1. The molecule has 0 N–H and O–H groups in total. The Morgan fingerprint density at radius 3 is 2.38 bits per heavy atom. The van der Waals surface area contributed by atoms with Crippen LogP contribution in [0.2, 0.25) is 0 Å². The lowest BCUT2D eigenvalue weighted by atomic mass is 10.2. The molecular formula is C12H17N. The van der Waals surface area contributed by atoms with Gasteiger partial charge in [0.05, 0.1) is 5.69 Å². The minimum Gasteiger partial charge on any atom is -0.257 e. The number of aliphatic imine (C=N–C) groups is 1. The molecule has 0 unspecified atom stereocenters. The van der Waals surface area contributed by atoms with Crippen LogP contribution in [0.15, 0.2) is 41.9 Å². The Bertz CT molecular complexity index is 274. The van der Waals surface area contributed by atoms with Gasteiger partial charge in [-0.05, 0) is 18.6 Å². The predicted octanol–water partition coefficient (Wildman–Crippen LogP) is 3.91. The highest BCUT2D eigenvalue weighted by Crippen LogP contribution is 2.15. The van der Waals surface area contributed by atoms with Crippen LogP contribution in [-0.2, 0) is 0 Å². The molecule has 0 aliphatic carbocycles. The minimum absolute atomic E-state index is 1.01. The summed E-state index contributed by atoms with van der Waals surface area (Å²) in [4.78, 5) is 4.18. The largest absolute Gasteiger partial charge is 0.257 e. The molecule has 0 aromatic heterocycles. The highest BCUT2D eigenvalue weighted by molar-refractivity contribution is 5.74. The van der Waals surface area contributed by atoms with Crippen molar-refractivity contribution in [2.45, 2.75) is 20.8 Å². The maximum absolute atomic E-state index is 4.18. The lowest BCUT2D eigenvalue weighted by Crippen LogP contribution is -1.72. The molecule has 0 atom stereocenters. The van der Waals surface area contributed by atoms with Gasteiger partial charge in [-0.25, -0.2) is 0 Å². The van der Waals surface area contributed by atoms with E-state index in [1.807, 2.05) is 45.0 Å². The molecule has 70 valence electrons.